The Hall–Kier alpha value is -1.66. The summed E-state index contributed by atoms with van der Waals surface area (Å²) >= 11 is 0. The van der Waals surface area contributed by atoms with Crippen molar-refractivity contribution in [2.45, 2.75) is 25.6 Å². The van der Waals surface area contributed by atoms with Crippen LogP contribution in [0.1, 0.15) is 24.2 Å². The summed E-state index contributed by atoms with van der Waals surface area (Å²) in [5.41, 5.74) is -0.696. The van der Waals surface area contributed by atoms with E-state index < -0.39 is 17.3 Å². The Bertz CT molecular complexity index is 502. The molecular formula is C13H17NO5. The van der Waals surface area contributed by atoms with Crippen molar-refractivity contribution in [3.8, 4) is 0 Å². The fraction of sp³-hybridized carbons (Fsp3) is 0.538. The van der Waals surface area contributed by atoms with Gasteiger partial charge in [0.05, 0.1) is 23.9 Å². The van der Waals surface area contributed by atoms with Gasteiger partial charge in [-0.3, -0.25) is 4.79 Å². The molecule has 0 spiro atoms. The third kappa shape index (κ3) is 3.21. The molecule has 1 amide bonds. The number of rotatable bonds is 2. The Labute approximate surface area is 110 Å². The minimum Gasteiger partial charge on any atom is -0.430 e. The van der Waals surface area contributed by atoms with E-state index in [1.165, 1.54) is 12.1 Å². The van der Waals surface area contributed by atoms with Crippen LogP contribution in [0.4, 0.5) is 0 Å². The van der Waals surface area contributed by atoms with E-state index in [0.717, 1.165) is 6.26 Å². The molecule has 1 aromatic heterocycles. The van der Waals surface area contributed by atoms with Crippen LogP contribution in [0.2, 0.25) is 0 Å². The molecule has 1 aliphatic heterocycles. The lowest BCUT2D eigenvalue weighted by molar-refractivity contribution is -0.139. The molecule has 0 aromatic carbocycles. The molecule has 2 heterocycles. The second kappa shape index (κ2) is 5.14. The molecule has 1 aliphatic rings. The molecule has 19 heavy (non-hydrogen) atoms. The summed E-state index contributed by atoms with van der Waals surface area (Å²) in [5, 5.41) is 9.21. The van der Waals surface area contributed by atoms with Crippen LogP contribution >= 0.6 is 0 Å². The molecule has 0 radical (unpaired) electrons. The van der Waals surface area contributed by atoms with E-state index in [4.69, 9.17) is 9.15 Å². The van der Waals surface area contributed by atoms with Crippen LogP contribution in [0, 0.1) is 0 Å². The standard InChI is InChI=1S/C13H17NO5/c1-13(2)8-14(5-10(6-15)19-13)12(17)9-3-4-11(16)18-7-9/h3-4,7,10,15H,5-6,8H2,1-2H3. The van der Waals surface area contributed by atoms with Gasteiger partial charge in [-0.15, -0.1) is 0 Å². The maximum atomic E-state index is 12.3. The van der Waals surface area contributed by atoms with Crippen molar-refractivity contribution in [1.29, 1.82) is 0 Å². The van der Waals surface area contributed by atoms with Crippen LogP contribution in [-0.2, 0) is 4.74 Å². The first-order chi connectivity index (χ1) is 8.91. The zero-order chi connectivity index (χ0) is 14.0. The topological polar surface area (TPSA) is 80.0 Å². The van der Waals surface area contributed by atoms with Gasteiger partial charge in [-0.05, 0) is 19.9 Å². The highest BCUT2D eigenvalue weighted by molar-refractivity contribution is 5.93. The highest BCUT2D eigenvalue weighted by Gasteiger charge is 2.35. The molecule has 1 atom stereocenters. The van der Waals surface area contributed by atoms with Crippen molar-refractivity contribution >= 4 is 5.91 Å². The number of morpholine rings is 1. The predicted molar refractivity (Wildman–Crippen MR) is 66.9 cm³/mol. The first-order valence-corrected chi connectivity index (χ1v) is 6.08. The number of ether oxygens (including phenoxy) is 1. The van der Waals surface area contributed by atoms with Crippen LogP contribution in [0.25, 0.3) is 0 Å². The first kappa shape index (κ1) is 13.8. The average molecular weight is 267 g/mol. The van der Waals surface area contributed by atoms with E-state index in [1.54, 1.807) is 4.90 Å². The number of aliphatic hydroxyl groups excluding tert-OH is 1. The monoisotopic (exact) mass is 267 g/mol. The highest BCUT2D eigenvalue weighted by atomic mass is 16.5. The second-order valence-electron chi connectivity index (χ2n) is 5.21. The number of aliphatic hydroxyl groups is 1. The number of hydrogen-bond acceptors (Lipinski definition) is 5. The number of carbonyl (C=O) groups is 1. The van der Waals surface area contributed by atoms with E-state index in [0.29, 0.717) is 18.7 Å². The Morgan fingerprint density at radius 2 is 2.26 bits per heavy atom. The zero-order valence-electron chi connectivity index (χ0n) is 11.0. The predicted octanol–water partition coefficient (Wildman–Crippen LogP) is 0.252. The third-order valence-electron chi connectivity index (χ3n) is 2.92. The molecule has 1 aromatic rings. The second-order valence-corrected chi connectivity index (χ2v) is 5.21. The van der Waals surface area contributed by atoms with Gasteiger partial charge >= 0.3 is 5.63 Å². The van der Waals surface area contributed by atoms with Gasteiger partial charge in [-0.1, -0.05) is 0 Å². The maximum absolute atomic E-state index is 12.3. The summed E-state index contributed by atoms with van der Waals surface area (Å²) in [6.07, 6.45) is 0.754. The molecule has 6 heteroatoms. The van der Waals surface area contributed by atoms with Crippen molar-refractivity contribution in [2.24, 2.45) is 0 Å². The smallest absolute Gasteiger partial charge is 0.335 e. The SMILES string of the molecule is CC1(C)CN(C(=O)c2ccc(=O)oc2)CC(CO)O1. The summed E-state index contributed by atoms with van der Waals surface area (Å²) in [6.45, 7) is 4.32. The van der Waals surface area contributed by atoms with Gasteiger partial charge in [0.1, 0.15) is 6.26 Å². The summed E-state index contributed by atoms with van der Waals surface area (Å²) in [7, 11) is 0. The Balaban J connectivity index is 2.18. The summed E-state index contributed by atoms with van der Waals surface area (Å²) in [6, 6.07) is 2.65. The molecule has 1 unspecified atom stereocenters. The molecule has 1 N–H and O–H groups in total. The number of hydrogen-bond donors (Lipinski definition) is 1. The van der Waals surface area contributed by atoms with E-state index in [1.807, 2.05) is 13.8 Å². The lowest BCUT2D eigenvalue weighted by atomic mass is 10.0. The van der Waals surface area contributed by atoms with Crippen LogP contribution in [-0.4, -0.2) is 47.3 Å². The fourth-order valence-electron chi connectivity index (χ4n) is 2.21. The van der Waals surface area contributed by atoms with E-state index >= 15 is 0 Å². The average Bonchev–Trinajstić information content (AvgIpc) is 2.37. The van der Waals surface area contributed by atoms with Crippen LogP contribution in [0.5, 0.6) is 0 Å². The van der Waals surface area contributed by atoms with Crippen molar-refractivity contribution in [2.75, 3.05) is 19.7 Å². The summed E-state index contributed by atoms with van der Waals surface area (Å²) in [5.74, 6) is -0.237. The Morgan fingerprint density at radius 3 is 2.84 bits per heavy atom. The van der Waals surface area contributed by atoms with Crippen molar-refractivity contribution < 1.29 is 19.1 Å². The zero-order valence-corrected chi connectivity index (χ0v) is 11.0. The van der Waals surface area contributed by atoms with Gasteiger partial charge in [-0.2, -0.15) is 0 Å². The summed E-state index contributed by atoms with van der Waals surface area (Å²) in [4.78, 5) is 24.8. The van der Waals surface area contributed by atoms with Crippen LogP contribution in [0.15, 0.2) is 27.6 Å². The fourth-order valence-corrected chi connectivity index (χ4v) is 2.21. The van der Waals surface area contributed by atoms with Gasteiger partial charge in [0.15, 0.2) is 0 Å². The summed E-state index contributed by atoms with van der Waals surface area (Å²) < 4.78 is 10.3. The Morgan fingerprint density at radius 1 is 1.53 bits per heavy atom. The van der Waals surface area contributed by atoms with Crippen LogP contribution in [0.3, 0.4) is 0 Å². The molecule has 6 nitrogen and oxygen atoms in total. The minimum absolute atomic E-state index is 0.142. The van der Waals surface area contributed by atoms with E-state index in [9.17, 15) is 14.7 Å². The quantitative estimate of drug-likeness (QED) is 0.831. The van der Waals surface area contributed by atoms with Crippen LogP contribution < -0.4 is 5.63 Å². The van der Waals surface area contributed by atoms with Crippen molar-refractivity contribution in [1.82, 2.24) is 4.90 Å². The maximum Gasteiger partial charge on any atom is 0.335 e. The van der Waals surface area contributed by atoms with Crippen molar-refractivity contribution in [3.63, 3.8) is 0 Å². The molecular weight excluding hydrogens is 250 g/mol. The number of carbonyl (C=O) groups excluding carboxylic acids is 1. The van der Waals surface area contributed by atoms with E-state index in [2.05, 4.69) is 0 Å². The Kier molecular flexibility index (Phi) is 3.73. The molecule has 1 saturated heterocycles. The van der Waals surface area contributed by atoms with Crippen molar-refractivity contribution in [3.05, 3.63) is 34.4 Å². The molecule has 2 rings (SSSR count). The minimum atomic E-state index is -0.517. The molecule has 104 valence electrons. The lowest BCUT2D eigenvalue weighted by Gasteiger charge is -2.42. The van der Waals surface area contributed by atoms with Gasteiger partial charge in [0, 0.05) is 19.2 Å². The molecule has 0 bridgehead atoms. The molecule has 0 saturated carbocycles. The molecule has 0 aliphatic carbocycles. The van der Waals surface area contributed by atoms with Gasteiger partial charge in [-0.25, -0.2) is 4.79 Å². The first-order valence-electron chi connectivity index (χ1n) is 6.08. The largest absolute Gasteiger partial charge is 0.430 e. The van der Waals surface area contributed by atoms with Gasteiger partial charge < -0.3 is 19.2 Å². The normalized spacial score (nSPS) is 22.3. The van der Waals surface area contributed by atoms with Gasteiger partial charge in [0.2, 0.25) is 0 Å². The number of nitrogens with zero attached hydrogens (tertiary/aromatic N) is 1. The number of amides is 1. The third-order valence-corrected chi connectivity index (χ3v) is 2.92. The lowest BCUT2D eigenvalue weighted by Crippen LogP contribution is -2.55. The van der Waals surface area contributed by atoms with Gasteiger partial charge in [0.25, 0.3) is 5.91 Å². The van der Waals surface area contributed by atoms with E-state index in [-0.39, 0.29) is 12.5 Å². The highest BCUT2D eigenvalue weighted by Crippen LogP contribution is 2.22. The molecule has 1 fully saturated rings.